The lowest BCUT2D eigenvalue weighted by atomic mass is 10.1. The van der Waals surface area contributed by atoms with Gasteiger partial charge in [0.15, 0.2) is 0 Å². The molecule has 0 amide bonds. The second kappa shape index (κ2) is 7.26. The highest BCUT2D eigenvalue weighted by Crippen LogP contribution is 2.25. The van der Waals surface area contributed by atoms with Gasteiger partial charge in [0.2, 0.25) is 0 Å². The van der Waals surface area contributed by atoms with Crippen LogP contribution in [0, 0.1) is 0 Å². The van der Waals surface area contributed by atoms with E-state index in [1.54, 1.807) is 18.2 Å². The molecule has 0 heterocycles. The fourth-order valence-corrected chi connectivity index (χ4v) is 1.49. The van der Waals surface area contributed by atoms with E-state index in [2.05, 4.69) is 13.2 Å². The highest BCUT2D eigenvalue weighted by atomic mass is 16.5. The Morgan fingerprint density at radius 1 is 1.42 bits per heavy atom. The summed E-state index contributed by atoms with van der Waals surface area (Å²) in [4.78, 5) is 10.7. The van der Waals surface area contributed by atoms with Crippen LogP contribution < -0.4 is 9.47 Å². The van der Waals surface area contributed by atoms with Crippen LogP contribution in [0.5, 0.6) is 11.5 Å². The molecule has 0 fully saturated rings. The number of allylic oxidation sites excluding steroid dienone is 1. The Labute approximate surface area is 113 Å². The molecule has 0 aliphatic rings. The van der Waals surface area contributed by atoms with Crippen LogP contribution in [0.25, 0.3) is 0 Å². The second-order valence-electron chi connectivity index (χ2n) is 3.89. The molecule has 4 nitrogen and oxygen atoms in total. The van der Waals surface area contributed by atoms with Crippen molar-refractivity contribution >= 4 is 5.97 Å². The summed E-state index contributed by atoms with van der Waals surface area (Å²) in [7, 11) is 0. The van der Waals surface area contributed by atoms with Gasteiger partial charge in [0.1, 0.15) is 18.1 Å². The summed E-state index contributed by atoms with van der Waals surface area (Å²) >= 11 is 0. The molecule has 19 heavy (non-hydrogen) atoms. The maximum Gasteiger partial charge on any atom is 0.334 e. The van der Waals surface area contributed by atoms with E-state index in [4.69, 9.17) is 14.6 Å². The molecule has 102 valence electrons. The Bertz CT molecular complexity index is 477. The van der Waals surface area contributed by atoms with Gasteiger partial charge in [-0.2, -0.15) is 0 Å². The molecular weight excluding hydrogens is 244 g/mol. The van der Waals surface area contributed by atoms with Crippen LogP contribution in [0.15, 0.2) is 43.0 Å². The first-order chi connectivity index (χ1) is 9.08. The summed E-state index contributed by atoms with van der Waals surface area (Å²) in [5, 5.41) is 8.73. The highest BCUT2D eigenvalue weighted by molar-refractivity contribution is 5.86. The predicted octanol–water partition coefficient (Wildman–Crippen LogP) is 2.83. The van der Waals surface area contributed by atoms with Crippen LogP contribution in [-0.2, 0) is 11.2 Å². The van der Waals surface area contributed by atoms with Crippen LogP contribution in [0.4, 0.5) is 0 Å². The van der Waals surface area contributed by atoms with Gasteiger partial charge in [0, 0.05) is 5.56 Å². The van der Waals surface area contributed by atoms with E-state index in [1.165, 1.54) is 0 Å². The minimum Gasteiger partial charge on any atom is -0.494 e. The van der Waals surface area contributed by atoms with Gasteiger partial charge < -0.3 is 14.6 Å². The van der Waals surface area contributed by atoms with Gasteiger partial charge in [-0.15, -0.1) is 6.58 Å². The molecule has 0 atom stereocenters. The smallest absolute Gasteiger partial charge is 0.334 e. The van der Waals surface area contributed by atoms with Gasteiger partial charge in [-0.25, -0.2) is 4.79 Å². The number of aliphatic carboxylic acids is 1. The molecule has 0 saturated carbocycles. The highest BCUT2D eigenvalue weighted by Gasteiger charge is 2.08. The van der Waals surface area contributed by atoms with Crippen molar-refractivity contribution in [1.29, 1.82) is 0 Å². The molecule has 0 radical (unpaired) electrons. The zero-order chi connectivity index (χ0) is 14.3. The minimum absolute atomic E-state index is 0.0124. The van der Waals surface area contributed by atoms with E-state index in [9.17, 15) is 4.79 Å². The number of ether oxygens (including phenoxy) is 2. The molecule has 0 spiro atoms. The number of benzene rings is 1. The summed E-state index contributed by atoms with van der Waals surface area (Å²) in [5.41, 5.74) is 0.914. The molecule has 0 unspecified atom stereocenters. The zero-order valence-corrected chi connectivity index (χ0v) is 11.0. The number of carboxylic acids is 1. The van der Waals surface area contributed by atoms with Crippen LogP contribution in [0.3, 0.4) is 0 Å². The minimum atomic E-state index is -1.06. The maximum absolute atomic E-state index is 10.7. The number of hydrogen-bond acceptors (Lipinski definition) is 3. The molecule has 1 rings (SSSR count). The monoisotopic (exact) mass is 262 g/mol. The van der Waals surface area contributed by atoms with Crippen molar-refractivity contribution in [2.75, 3.05) is 13.2 Å². The molecule has 0 aliphatic carbocycles. The second-order valence-corrected chi connectivity index (χ2v) is 3.89. The quantitative estimate of drug-likeness (QED) is 0.578. The molecule has 0 saturated heterocycles. The Morgan fingerprint density at radius 2 is 2.16 bits per heavy atom. The lowest BCUT2D eigenvalue weighted by molar-refractivity contribution is -0.133. The summed E-state index contributed by atoms with van der Waals surface area (Å²) in [6, 6.07) is 5.41. The maximum atomic E-state index is 10.7. The van der Waals surface area contributed by atoms with E-state index in [0.29, 0.717) is 18.8 Å². The number of carbonyl (C=O) groups is 1. The van der Waals surface area contributed by atoms with Gasteiger partial charge >= 0.3 is 5.97 Å². The predicted molar refractivity (Wildman–Crippen MR) is 73.8 cm³/mol. The average Bonchev–Trinajstić information content (AvgIpc) is 2.38. The summed E-state index contributed by atoms with van der Waals surface area (Å²) in [5.74, 6) is 0.311. The summed E-state index contributed by atoms with van der Waals surface area (Å²) in [6.07, 6.45) is 2.37. The van der Waals surface area contributed by atoms with Crippen molar-refractivity contribution < 1.29 is 19.4 Å². The van der Waals surface area contributed by atoms with E-state index in [0.717, 1.165) is 11.3 Å². The van der Waals surface area contributed by atoms with E-state index >= 15 is 0 Å². The first-order valence-corrected chi connectivity index (χ1v) is 5.99. The van der Waals surface area contributed by atoms with E-state index < -0.39 is 5.97 Å². The average molecular weight is 262 g/mol. The van der Waals surface area contributed by atoms with Crippen molar-refractivity contribution in [3.05, 3.63) is 48.6 Å². The largest absolute Gasteiger partial charge is 0.494 e. The lowest BCUT2D eigenvalue weighted by Crippen LogP contribution is -2.09. The summed E-state index contributed by atoms with van der Waals surface area (Å²) in [6.45, 7) is 9.56. The Hall–Kier alpha value is -2.23. The molecule has 0 bridgehead atoms. The van der Waals surface area contributed by atoms with Gasteiger partial charge in [0.25, 0.3) is 0 Å². The van der Waals surface area contributed by atoms with E-state index in [1.807, 2.05) is 13.0 Å². The first-order valence-electron chi connectivity index (χ1n) is 5.99. The topological polar surface area (TPSA) is 55.8 Å². The molecule has 1 aromatic carbocycles. The van der Waals surface area contributed by atoms with Crippen LogP contribution in [0.1, 0.15) is 12.5 Å². The zero-order valence-electron chi connectivity index (χ0n) is 11.0. The third-order valence-corrected chi connectivity index (χ3v) is 2.41. The third kappa shape index (κ3) is 4.50. The lowest BCUT2D eigenvalue weighted by Gasteiger charge is -2.12. The SMILES string of the molecule is C=CCc1cc(OCC)ccc1OCC(=C)C(=O)O. The summed E-state index contributed by atoms with van der Waals surface area (Å²) < 4.78 is 10.9. The van der Waals surface area contributed by atoms with Crippen molar-refractivity contribution in [1.82, 2.24) is 0 Å². The fourth-order valence-electron chi connectivity index (χ4n) is 1.49. The Balaban J connectivity index is 2.83. The van der Waals surface area contributed by atoms with Crippen LogP contribution in [0.2, 0.25) is 0 Å². The molecule has 1 N–H and O–H groups in total. The molecule has 0 aliphatic heterocycles. The number of rotatable bonds is 8. The molecule has 0 aromatic heterocycles. The molecular formula is C15H18O4. The molecule has 1 aromatic rings. The molecule has 4 heteroatoms. The Morgan fingerprint density at radius 3 is 2.74 bits per heavy atom. The van der Waals surface area contributed by atoms with Gasteiger partial charge in [-0.1, -0.05) is 12.7 Å². The van der Waals surface area contributed by atoms with Crippen LogP contribution >= 0.6 is 0 Å². The number of carboxylic acid groups (broad SMARTS) is 1. The Kier molecular flexibility index (Phi) is 5.67. The third-order valence-electron chi connectivity index (χ3n) is 2.41. The van der Waals surface area contributed by atoms with Crippen LogP contribution in [-0.4, -0.2) is 24.3 Å². The van der Waals surface area contributed by atoms with Gasteiger partial charge in [-0.3, -0.25) is 0 Å². The first kappa shape index (κ1) is 14.8. The number of hydrogen-bond donors (Lipinski definition) is 1. The fraction of sp³-hybridized carbons (Fsp3) is 0.267. The van der Waals surface area contributed by atoms with Crippen molar-refractivity contribution in [2.24, 2.45) is 0 Å². The normalized spacial score (nSPS) is 9.74. The van der Waals surface area contributed by atoms with E-state index in [-0.39, 0.29) is 12.2 Å². The van der Waals surface area contributed by atoms with Gasteiger partial charge in [-0.05, 0) is 31.5 Å². The van der Waals surface area contributed by atoms with Crippen molar-refractivity contribution in [3.8, 4) is 11.5 Å². The van der Waals surface area contributed by atoms with Crippen molar-refractivity contribution in [2.45, 2.75) is 13.3 Å². The van der Waals surface area contributed by atoms with Crippen molar-refractivity contribution in [3.63, 3.8) is 0 Å². The van der Waals surface area contributed by atoms with Gasteiger partial charge in [0.05, 0.1) is 12.2 Å². The standard InChI is InChI=1S/C15H18O4/c1-4-6-12-9-13(18-5-2)7-8-14(12)19-10-11(3)15(16)17/h4,7-9H,1,3,5-6,10H2,2H3,(H,16,17).